The molecule has 0 saturated carbocycles. The van der Waals surface area contributed by atoms with Crippen molar-refractivity contribution < 1.29 is 14.3 Å². The molecule has 7 heteroatoms. The van der Waals surface area contributed by atoms with E-state index in [9.17, 15) is 4.79 Å². The van der Waals surface area contributed by atoms with E-state index in [2.05, 4.69) is 15.5 Å². The fourth-order valence-corrected chi connectivity index (χ4v) is 3.10. The van der Waals surface area contributed by atoms with E-state index in [1.54, 1.807) is 19.2 Å². The van der Waals surface area contributed by atoms with Crippen LogP contribution in [-0.2, 0) is 4.79 Å². The van der Waals surface area contributed by atoms with E-state index in [-0.39, 0.29) is 5.91 Å². The van der Waals surface area contributed by atoms with Gasteiger partial charge in [0.2, 0.25) is 5.13 Å². The Balaban J connectivity index is 1.69. The summed E-state index contributed by atoms with van der Waals surface area (Å²) in [5, 5.41) is 12.1. The van der Waals surface area contributed by atoms with Gasteiger partial charge >= 0.3 is 0 Å². The highest BCUT2D eigenvalue weighted by Crippen LogP contribution is 2.29. The first kappa shape index (κ1) is 17.9. The molecule has 1 atom stereocenters. The van der Waals surface area contributed by atoms with Gasteiger partial charge in [0.05, 0.1) is 7.11 Å². The zero-order valence-electron chi connectivity index (χ0n) is 14.5. The van der Waals surface area contributed by atoms with Gasteiger partial charge in [0.25, 0.3) is 5.91 Å². The molecule has 1 aromatic heterocycles. The molecule has 0 saturated heterocycles. The lowest BCUT2D eigenvalue weighted by Gasteiger charge is -2.18. The van der Waals surface area contributed by atoms with Gasteiger partial charge in [-0.15, -0.1) is 10.2 Å². The average Bonchev–Trinajstić information content (AvgIpc) is 3.15. The molecular formula is C19H19N3O3S. The summed E-state index contributed by atoms with van der Waals surface area (Å²) in [6, 6.07) is 16.9. The van der Waals surface area contributed by atoms with Crippen molar-refractivity contribution in [3.05, 3.63) is 54.6 Å². The van der Waals surface area contributed by atoms with Crippen LogP contribution in [0, 0.1) is 0 Å². The van der Waals surface area contributed by atoms with Crippen molar-refractivity contribution in [3.8, 4) is 22.1 Å². The Morgan fingerprint density at radius 2 is 1.77 bits per heavy atom. The minimum absolute atomic E-state index is 0.269. The molecule has 1 amide bonds. The van der Waals surface area contributed by atoms with Crippen molar-refractivity contribution in [2.45, 2.75) is 19.4 Å². The van der Waals surface area contributed by atoms with Crippen LogP contribution < -0.4 is 14.8 Å². The highest BCUT2D eigenvalue weighted by Gasteiger charge is 2.21. The summed E-state index contributed by atoms with van der Waals surface area (Å²) in [6.07, 6.45) is -0.149. The Hall–Kier alpha value is -2.93. The summed E-state index contributed by atoms with van der Waals surface area (Å²) < 4.78 is 11.1. The van der Waals surface area contributed by atoms with E-state index in [1.165, 1.54) is 11.3 Å². The lowest BCUT2D eigenvalue weighted by atomic mass is 10.2. The fraction of sp³-hybridized carbons (Fsp3) is 0.211. The Labute approximate surface area is 155 Å². The second kappa shape index (κ2) is 8.44. The Kier molecular flexibility index (Phi) is 5.80. The number of hydrogen-bond acceptors (Lipinski definition) is 6. The molecule has 0 aliphatic carbocycles. The number of para-hydroxylation sites is 2. The van der Waals surface area contributed by atoms with Crippen LogP contribution in [0.3, 0.4) is 0 Å². The number of carbonyl (C=O) groups excluding carboxylic acids is 1. The highest BCUT2D eigenvalue weighted by molar-refractivity contribution is 7.18. The number of benzene rings is 2. The highest BCUT2D eigenvalue weighted by atomic mass is 32.1. The van der Waals surface area contributed by atoms with Crippen LogP contribution in [0.4, 0.5) is 5.13 Å². The summed E-state index contributed by atoms with van der Waals surface area (Å²) in [7, 11) is 1.57. The van der Waals surface area contributed by atoms with Gasteiger partial charge < -0.3 is 9.47 Å². The van der Waals surface area contributed by atoms with E-state index in [0.717, 1.165) is 10.6 Å². The van der Waals surface area contributed by atoms with Crippen molar-refractivity contribution in [1.82, 2.24) is 10.2 Å². The number of methoxy groups -OCH3 is 1. The van der Waals surface area contributed by atoms with Crippen molar-refractivity contribution >= 4 is 22.4 Å². The zero-order valence-corrected chi connectivity index (χ0v) is 15.3. The summed E-state index contributed by atoms with van der Waals surface area (Å²) in [5.41, 5.74) is 0.961. The van der Waals surface area contributed by atoms with Crippen LogP contribution in [0.2, 0.25) is 0 Å². The van der Waals surface area contributed by atoms with Gasteiger partial charge in [-0.2, -0.15) is 0 Å². The monoisotopic (exact) mass is 369 g/mol. The number of hydrogen-bond donors (Lipinski definition) is 1. The van der Waals surface area contributed by atoms with E-state index < -0.39 is 6.10 Å². The number of anilines is 1. The number of aromatic nitrogens is 2. The van der Waals surface area contributed by atoms with Crippen LogP contribution in [-0.4, -0.2) is 29.3 Å². The van der Waals surface area contributed by atoms with E-state index in [4.69, 9.17) is 9.47 Å². The normalized spacial score (nSPS) is 11.6. The van der Waals surface area contributed by atoms with Gasteiger partial charge in [-0.25, -0.2) is 0 Å². The molecule has 0 unspecified atom stereocenters. The summed E-state index contributed by atoms with van der Waals surface area (Å²) in [5.74, 6) is 0.842. The Morgan fingerprint density at radius 3 is 2.46 bits per heavy atom. The molecule has 1 N–H and O–H groups in total. The molecule has 3 rings (SSSR count). The lowest BCUT2D eigenvalue weighted by molar-refractivity contribution is -0.122. The third-order valence-corrected chi connectivity index (χ3v) is 4.57. The largest absolute Gasteiger partial charge is 0.493 e. The minimum atomic E-state index is -0.657. The first-order chi connectivity index (χ1) is 12.7. The van der Waals surface area contributed by atoms with Crippen LogP contribution in [0.15, 0.2) is 54.6 Å². The Bertz CT molecular complexity index is 867. The van der Waals surface area contributed by atoms with Crippen LogP contribution >= 0.6 is 11.3 Å². The van der Waals surface area contributed by atoms with Gasteiger partial charge in [0.15, 0.2) is 17.6 Å². The molecule has 0 radical (unpaired) electrons. The summed E-state index contributed by atoms with van der Waals surface area (Å²) in [4.78, 5) is 12.6. The number of ether oxygens (including phenoxy) is 2. The smallest absolute Gasteiger partial charge is 0.267 e. The maximum Gasteiger partial charge on any atom is 0.267 e. The number of nitrogens with zero attached hydrogens (tertiary/aromatic N) is 2. The van der Waals surface area contributed by atoms with Crippen molar-refractivity contribution in [2.75, 3.05) is 12.4 Å². The number of rotatable bonds is 7. The van der Waals surface area contributed by atoms with Gasteiger partial charge in [-0.05, 0) is 18.6 Å². The quantitative estimate of drug-likeness (QED) is 0.681. The maximum absolute atomic E-state index is 12.6. The Morgan fingerprint density at radius 1 is 1.08 bits per heavy atom. The fourth-order valence-electron chi connectivity index (χ4n) is 2.35. The summed E-state index contributed by atoms with van der Waals surface area (Å²) >= 11 is 1.32. The molecule has 0 fully saturated rings. The number of amides is 1. The molecule has 134 valence electrons. The predicted octanol–water partition coefficient (Wildman–Crippen LogP) is 4.01. The van der Waals surface area contributed by atoms with E-state index in [0.29, 0.717) is 23.1 Å². The van der Waals surface area contributed by atoms with Gasteiger partial charge in [0, 0.05) is 5.56 Å². The third kappa shape index (κ3) is 4.18. The molecule has 26 heavy (non-hydrogen) atoms. The van der Waals surface area contributed by atoms with Crippen molar-refractivity contribution in [1.29, 1.82) is 0 Å². The van der Waals surface area contributed by atoms with Crippen molar-refractivity contribution in [2.24, 2.45) is 0 Å². The topological polar surface area (TPSA) is 73.3 Å². The van der Waals surface area contributed by atoms with Gasteiger partial charge in [-0.1, -0.05) is 60.7 Å². The van der Waals surface area contributed by atoms with E-state index in [1.807, 2.05) is 49.4 Å². The first-order valence-electron chi connectivity index (χ1n) is 8.20. The zero-order chi connectivity index (χ0) is 18.4. The second-order valence-corrected chi connectivity index (χ2v) is 6.41. The van der Waals surface area contributed by atoms with Crippen molar-refractivity contribution in [3.63, 3.8) is 0 Å². The second-order valence-electron chi connectivity index (χ2n) is 5.43. The maximum atomic E-state index is 12.6. The predicted molar refractivity (Wildman–Crippen MR) is 102 cm³/mol. The van der Waals surface area contributed by atoms with E-state index >= 15 is 0 Å². The molecule has 0 spiro atoms. The first-order valence-corrected chi connectivity index (χ1v) is 9.02. The molecule has 0 aliphatic rings. The number of nitrogens with one attached hydrogen (secondary N) is 1. The van der Waals surface area contributed by atoms with Crippen LogP contribution in [0.1, 0.15) is 13.3 Å². The van der Waals surface area contributed by atoms with Gasteiger partial charge in [0.1, 0.15) is 5.01 Å². The molecule has 6 nitrogen and oxygen atoms in total. The standard InChI is InChI=1S/C19H19N3O3S/c1-3-14(25-16-12-8-7-11-15(16)24-2)17(23)20-19-22-21-18(26-19)13-9-5-4-6-10-13/h4-12,14H,3H2,1-2H3,(H,20,22,23)/t14-/m0/s1. The molecule has 0 aliphatic heterocycles. The average molecular weight is 369 g/mol. The molecular weight excluding hydrogens is 350 g/mol. The summed E-state index contributed by atoms with van der Waals surface area (Å²) in [6.45, 7) is 1.88. The molecule has 3 aromatic rings. The molecule has 2 aromatic carbocycles. The lowest BCUT2D eigenvalue weighted by Crippen LogP contribution is -2.32. The van der Waals surface area contributed by atoms with Crippen LogP contribution in [0.25, 0.3) is 10.6 Å². The minimum Gasteiger partial charge on any atom is -0.493 e. The molecule has 0 bridgehead atoms. The molecule has 1 heterocycles. The SMILES string of the molecule is CC[C@H](Oc1ccccc1OC)C(=O)Nc1nnc(-c2ccccc2)s1. The van der Waals surface area contributed by atoms with Crippen LogP contribution in [0.5, 0.6) is 11.5 Å². The number of carbonyl (C=O) groups is 1. The van der Waals surface area contributed by atoms with Gasteiger partial charge in [-0.3, -0.25) is 10.1 Å². The third-order valence-electron chi connectivity index (χ3n) is 3.68.